The zero-order valence-electron chi connectivity index (χ0n) is 10.2. The van der Waals surface area contributed by atoms with E-state index >= 15 is 0 Å². The monoisotopic (exact) mass is 360 g/mol. The van der Waals surface area contributed by atoms with Crippen molar-refractivity contribution in [2.45, 2.75) is 17.6 Å². The highest BCUT2D eigenvalue weighted by Gasteiger charge is 2.19. The van der Waals surface area contributed by atoms with Crippen molar-refractivity contribution in [1.82, 2.24) is 0 Å². The van der Waals surface area contributed by atoms with Crippen molar-refractivity contribution in [3.63, 3.8) is 0 Å². The summed E-state index contributed by atoms with van der Waals surface area (Å²) in [7, 11) is -3.57. The number of thiophene rings is 1. The molecule has 0 aliphatic carbocycles. The minimum Gasteiger partial charge on any atom is -0.398 e. The largest absolute Gasteiger partial charge is 0.398 e. The Bertz CT molecular complexity index is 696. The predicted octanol–water partition coefficient (Wildman–Crippen LogP) is 3.46. The third kappa shape index (κ3) is 3.10. The van der Waals surface area contributed by atoms with Gasteiger partial charge in [-0.3, -0.25) is 4.72 Å². The molecule has 0 bridgehead atoms. The van der Waals surface area contributed by atoms with Gasteiger partial charge in [-0.2, -0.15) is 0 Å². The molecule has 0 saturated heterocycles. The van der Waals surface area contributed by atoms with Gasteiger partial charge in [-0.25, -0.2) is 8.42 Å². The fourth-order valence-electron chi connectivity index (χ4n) is 1.65. The number of nitrogens with one attached hydrogen (secondary N) is 1. The van der Waals surface area contributed by atoms with E-state index in [1.807, 2.05) is 13.0 Å². The predicted molar refractivity (Wildman–Crippen MR) is 83.1 cm³/mol. The number of halogens is 1. The number of anilines is 2. The molecule has 2 aromatic rings. The highest BCUT2D eigenvalue weighted by Crippen LogP contribution is 2.30. The number of sulfonamides is 1. The molecule has 0 unspecified atom stereocenters. The van der Waals surface area contributed by atoms with Crippen molar-refractivity contribution in [3.05, 3.63) is 39.7 Å². The second-order valence-corrected chi connectivity index (χ2v) is 7.58. The molecule has 0 amide bonds. The van der Waals surface area contributed by atoms with Crippen molar-refractivity contribution in [2.24, 2.45) is 0 Å². The Morgan fingerprint density at radius 3 is 2.63 bits per heavy atom. The molecule has 0 aliphatic heterocycles. The van der Waals surface area contributed by atoms with Crippen LogP contribution < -0.4 is 10.5 Å². The van der Waals surface area contributed by atoms with E-state index in [9.17, 15) is 8.42 Å². The van der Waals surface area contributed by atoms with Crippen LogP contribution in [0.15, 0.2) is 38.3 Å². The molecule has 102 valence electrons. The highest BCUT2D eigenvalue weighted by atomic mass is 79.9. The van der Waals surface area contributed by atoms with Gasteiger partial charge < -0.3 is 5.73 Å². The maximum Gasteiger partial charge on any atom is 0.272 e. The van der Waals surface area contributed by atoms with E-state index in [1.165, 1.54) is 0 Å². The Morgan fingerprint density at radius 2 is 2.11 bits per heavy atom. The summed E-state index contributed by atoms with van der Waals surface area (Å²) >= 11 is 4.38. The fourth-order valence-corrected chi connectivity index (χ4v) is 5.04. The quantitative estimate of drug-likeness (QED) is 0.820. The van der Waals surface area contributed by atoms with Gasteiger partial charge in [0.05, 0.1) is 5.69 Å². The molecule has 0 spiro atoms. The summed E-state index contributed by atoms with van der Waals surface area (Å²) < 4.78 is 27.7. The number of benzene rings is 1. The van der Waals surface area contributed by atoms with E-state index in [0.717, 1.165) is 23.3 Å². The second kappa shape index (κ2) is 5.52. The number of hydrogen-bond donors (Lipinski definition) is 2. The zero-order chi connectivity index (χ0) is 14.0. The maximum atomic E-state index is 12.2. The molecule has 1 heterocycles. The van der Waals surface area contributed by atoms with Crippen LogP contribution >= 0.6 is 27.3 Å². The first-order valence-electron chi connectivity index (χ1n) is 5.58. The summed E-state index contributed by atoms with van der Waals surface area (Å²) in [5.74, 6) is 0. The lowest BCUT2D eigenvalue weighted by Gasteiger charge is -2.09. The third-order valence-electron chi connectivity index (χ3n) is 2.61. The average molecular weight is 361 g/mol. The minimum absolute atomic E-state index is 0.255. The Hall–Kier alpha value is -1.05. The topological polar surface area (TPSA) is 72.2 Å². The molecule has 2 rings (SSSR count). The van der Waals surface area contributed by atoms with E-state index in [0.29, 0.717) is 15.8 Å². The third-order valence-corrected chi connectivity index (χ3v) is 6.66. The molecule has 0 aliphatic rings. The molecule has 7 heteroatoms. The molecule has 19 heavy (non-hydrogen) atoms. The lowest BCUT2D eigenvalue weighted by Crippen LogP contribution is -2.12. The number of rotatable bonds is 4. The van der Waals surface area contributed by atoms with Gasteiger partial charge in [-0.15, -0.1) is 11.3 Å². The van der Waals surface area contributed by atoms with Crippen LogP contribution in [-0.2, 0) is 16.4 Å². The molecular weight excluding hydrogens is 348 g/mol. The first kappa shape index (κ1) is 14.4. The summed E-state index contributed by atoms with van der Waals surface area (Å²) in [5, 5.41) is 1.72. The van der Waals surface area contributed by atoms with E-state index in [4.69, 9.17) is 5.73 Å². The van der Waals surface area contributed by atoms with Crippen LogP contribution in [0.25, 0.3) is 0 Å². The first-order valence-corrected chi connectivity index (χ1v) is 8.74. The Balaban J connectivity index is 2.31. The Labute approximate surface area is 124 Å². The summed E-state index contributed by atoms with van der Waals surface area (Å²) in [6.45, 7) is 2.00. The molecule has 1 aromatic heterocycles. The molecule has 4 nitrogen and oxygen atoms in total. The number of nitrogens with two attached hydrogens (primary N) is 1. The van der Waals surface area contributed by atoms with E-state index in [-0.39, 0.29) is 4.21 Å². The van der Waals surface area contributed by atoms with Crippen LogP contribution in [0.4, 0.5) is 11.4 Å². The van der Waals surface area contributed by atoms with Gasteiger partial charge in [-0.1, -0.05) is 13.0 Å². The highest BCUT2D eigenvalue weighted by molar-refractivity contribution is 9.10. The van der Waals surface area contributed by atoms with E-state index < -0.39 is 10.0 Å². The van der Waals surface area contributed by atoms with Gasteiger partial charge in [0.15, 0.2) is 4.21 Å². The van der Waals surface area contributed by atoms with Gasteiger partial charge in [0.25, 0.3) is 10.0 Å². The van der Waals surface area contributed by atoms with Gasteiger partial charge >= 0.3 is 0 Å². The van der Waals surface area contributed by atoms with Gasteiger partial charge in [0.2, 0.25) is 0 Å². The average Bonchev–Trinajstić information content (AvgIpc) is 2.76. The van der Waals surface area contributed by atoms with Crippen molar-refractivity contribution in [2.75, 3.05) is 10.5 Å². The zero-order valence-corrected chi connectivity index (χ0v) is 13.4. The maximum absolute atomic E-state index is 12.2. The van der Waals surface area contributed by atoms with Crippen LogP contribution in [0.1, 0.15) is 12.5 Å². The molecule has 0 saturated carbocycles. The normalized spacial score (nSPS) is 11.5. The van der Waals surface area contributed by atoms with Gasteiger partial charge in [-0.05, 0) is 51.5 Å². The summed E-state index contributed by atoms with van der Waals surface area (Å²) in [6, 6.07) is 6.89. The lowest BCUT2D eigenvalue weighted by atomic mass is 10.1. The number of aryl methyl sites for hydroxylation is 1. The first-order chi connectivity index (χ1) is 8.94. The van der Waals surface area contributed by atoms with E-state index in [1.54, 1.807) is 23.6 Å². The molecule has 0 radical (unpaired) electrons. The lowest BCUT2D eigenvalue weighted by molar-refractivity contribution is 0.603. The van der Waals surface area contributed by atoms with Gasteiger partial charge in [0.1, 0.15) is 0 Å². The Morgan fingerprint density at radius 1 is 1.37 bits per heavy atom. The number of nitrogen functional groups attached to an aromatic ring is 1. The van der Waals surface area contributed by atoms with Crippen molar-refractivity contribution in [1.29, 1.82) is 0 Å². The molecular formula is C12H13BrN2O2S2. The Kier molecular flexibility index (Phi) is 4.17. The van der Waals surface area contributed by atoms with Crippen LogP contribution in [0.2, 0.25) is 0 Å². The summed E-state index contributed by atoms with van der Waals surface area (Å²) in [6.07, 6.45) is 0.815. The van der Waals surface area contributed by atoms with Crippen LogP contribution in [0.5, 0.6) is 0 Å². The molecule has 1 aromatic carbocycles. The van der Waals surface area contributed by atoms with Crippen LogP contribution in [-0.4, -0.2) is 8.42 Å². The smallest absolute Gasteiger partial charge is 0.272 e. The van der Waals surface area contributed by atoms with E-state index in [2.05, 4.69) is 20.7 Å². The van der Waals surface area contributed by atoms with Crippen LogP contribution in [0.3, 0.4) is 0 Å². The second-order valence-electron chi connectivity index (χ2n) is 3.93. The molecule has 0 atom stereocenters. The summed E-state index contributed by atoms with van der Waals surface area (Å²) in [4.78, 5) is 0. The van der Waals surface area contributed by atoms with Crippen LogP contribution in [0, 0.1) is 0 Å². The molecule has 3 N–H and O–H groups in total. The summed E-state index contributed by atoms with van der Waals surface area (Å²) in [5.41, 5.74) is 7.92. The van der Waals surface area contributed by atoms with Crippen molar-refractivity contribution in [3.8, 4) is 0 Å². The number of hydrogen-bond acceptors (Lipinski definition) is 4. The van der Waals surface area contributed by atoms with Gasteiger partial charge in [0, 0.05) is 10.2 Å². The van der Waals surface area contributed by atoms with Crippen molar-refractivity contribution >= 4 is 48.7 Å². The van der Waals surface area contributed by atoms with Crippen molar-refractivity contribution < 1.29 is 8.42 Å². The minimum atomic E-state index is -3.57. The molecule has 0 fully saturated rings. The standard InChI is InChI=1S/C12H13BrN2O2S2/c1-2-8-3-4-9(7-11(8)14)15-19(16,17)12-10(13)5-6-18-12/h3-7,15H,2,14H2,1H3. The fraction of sp³-hybridized carbons (Fsp3) is 0.167. The SMILES string of the molecule is CCc1ccc(NS(=O)(=O)c2sccc2Br)cc1N.